The van der Waals surface area contributed by atoms with E-state index >= 15 is 0 Å². The largest absolute Gasteiger partial charge is 0.354 e. The molecule has 160 valence electrons. The van der Waals surface area contributed by atoms with E-state index < -0.39 is 0 Å². The Morgan fingerprint density at radius 2 is 1.97 bits per heavy atom. The van der Waals surface area contributed by atoms with Gasteiger partial charge in [0.2, 0.25) is 5.95 Å². The number of hydrogen-bond acceptors (Lipinski definition) is 5. The fourth-order valence-corrected chi connectivity index (χ4v) is 4.67. The van der Waals surface area contributed by atoms with Gasteiger partial charge in [-0.25, -0.2) is 9.97 Å². The molecule has 1 N–H and O–H groups in total. The van der Waals surface area contributed by atoms with Crippen molar-refractivity contribution in [2.75, 3.05) is 11.9 Å². The molecule has 5 heteroatoms. The predicted octanol–water partition coefficient (Wildman–Crippen LogP) is 5.56. The van der Waals surface area contributed by atoms with Crippen LogP contribution < -0.4 is 5.32 Å². The van der Waals surface area contributed by atoms with Gasteiger partial charge in [-0.2, -0.15) is 5.26 Å². The first kappa shape index (κ1) is 21.2. The van der Waals surface area contributed by atoms with Crippen molar-refractivity contribution in [1.82, 2.24) is 15.0 Å². The zero-order chi connectivity index (χ0) is 21.8. The predicted molar refractivity (Wildman–Crippen MR) is 125 cm³/mol. The summed E-state index contributed by atoms with van der Waals surface area (Å²) in [4.78, 5) is 13.8. The van der Waals surface area contributed by atoms with Crippen LogP contribution in [0.15, 0.2) is 42.6 Å². The highest BCUT2D eigenvalue weighted by Crippen LogP contribution is 2.44. The molecule has 1 aliphatic carbocycles. The van der Waals surface area contributed by atoms with Crippen LogP contribution in [0.2, 0.25) is 0 Å². The number of anilines is 1. The van der Waals surface area contributed by atoms with Crippen molar-refractivity contribution in [3.63, 3.8) is 0 Å². The van der Waals surface area contributed by atoms with Crippen molar-refractivity contribution < 1.29 is 0 Å². The molecule has 0 spiro atoms. The third-order valence-corrected chi connectivity index (χ3v) is 6.95. The highest BCUT2D eigenvalue weighted by Gasteiger charge is 2.34. The van der Waals surface area contributed by atoms with Crippen LogP contribution in [-0.4, -0.2) is 21.5 Å². The van der Waals surface area contributed by atoms with Gasteiger partial charge in [-0.1, -0.05) is 45.0 Å². The lowest BCUT2D eigenvalue weighted by atomic mass is 9.65. The second kappa shape index (κ2) is 9.01. The van der Waals surface area contributed by atoms with E-state index in [0.29, 0.717) is 29.4 Å². The minimum atomic E-state index is 0.344. The summed E-state index contributed by atoms with van der Waals surface area (Å²) in [6.45, 7) is 7.78. The van der Waals surface area contributed by atoms with Gasteiger partial charge in [-0.05, 0) is 55.1 Å². The molecule has 3 aromatic rings. The smallest absolute Gasteiger partial charge is 0.222 e. The summed E-state index contributed by atoms with van der Waals surface area (Å²) in [5.41, 5.74) is 3.87. The standard InChI is InChI=1S/C26H31N5/c1-18-8-9-19(15-26(18,2)3)14-24-21(16-27)17-29-25(31-24)28-13-12-22-11-10-20-6-4-5-7-23(20)30-22/h4-7,10-11,17-19H,8-9,12-15H2,1-3H3,(H,28,29,31)/t18-,19-/m0/s1. The van der Waals surface area contributed by atoms with Gasteiger partial charge in [0.1, 0.15) is 6.07 Å². The first-order chi connectivity index (χ1) is 14.9. The second-order valence-electron chi connectivity index (χ2n) is 9.58. The second-order valence-corrected chi connectivity index (χ2v) is 9.58. The summed E-state index contributed by atoms with van der Waals surface area (Å²) >= 11 is 0. The maximum absolute atomic E-state index is 9.54. The average Bonchev–Trinajstić information content (AvgIpc) is 2.76. The zero-order valence-corrected chi connectivity index (χ0v) is 18.7. The first-order valence-electron chi connectivity index (χ1n) is 11.3. The Bertz CT molecular complexity index is 1100. The zero-order valence-electron chi connectivity index (χ0n) is 18.7. The van der Waals surface area contributed by atoms with E-state index in [4.69, 9.17) is 9.97 Å². The summed E-state index contributed by atoms with van der Waals surface area (Å²) in [6, 6.07) is 14.6. The molecule has 1 aliphatic rings. The number of nitrogens with zero attached hydrogens (tertiary/aromatic N) is 4. The number of nitriles is 1. The molecular formula is C26H31N5. The molecule has 2 atom stereocenters. The normalized spacial score (nSPS) is 20.3. The van der Waals surface area contributed by atoms with Gasteiger partial charge in [0.05, 0.1) is 23.0 Å². The fraction of sp³-hybridized carbons (Fsp3) is 0.462. The van der Waals surface area contributed by atoms with Crippen LogP contribution in [0, 0.1) is 28.6 Å². The van der Waals surface area contributed by atoms with Crippen molar-refractivity contribution in [1.29, 1.82) is 5.26 Å². The van der Waals surface area contributed by atoms with Crippen LogP contribution in [0.25, 0.3) is 10.9 Å². The Hall–Kier alpha value is -3.00. The van der Waals surface area contributed by atoms with Gasteiger partial charge in [0, 0.05) is 24.0 Å². The number of fused-ring (bicyclic) bond motifs is 1. The maximum Gasteiger partial charge on any atom is 0.222 e. The molecule has 2 aromatic heterocycles. The molecule has 0 bridgehead atoms. The molecule has 1 aromatic carbocycles. The van der Waals surface area contributed by atoms with E-state index in [2.05, 4.69) is 55.3 Å². The van der Waals surface area contributed by atoms with Gasteiger partial charge >= 0.3 is 0 Å². The van der Waals surface area contributed by atoms with Gasteiger partial charge in [-0.3, -0.25) is 4.98 Å². The first-order valence-corrected chi connectivity index (χ1v) is 11.3. The molecule has 1 fully saturated rings. The SMILES string of the molecule is C[C@H]1CC[C@@H](Cc2nc(NCCc3ccc4ccccc4n3)ncc2C#N)CC1(C)C. The molecule has 0 radical (unpaired) electrons. The van der Waals surface area contributed by atoms with E-state index in [9.17, 15) is 5.26 Å². The minimum absolute atomic E-state index is 0.344. The monoisotopic (exact) mass is 413 g/mol. The minimum Gasteiger partial charge on any atom is -0.354 e. The van der Waals surface area contributed by atoms with Crippen LogP contribution >= 0.6 is 0 Å². The van der Waals surface area contributed by atoms with Crippen molar-refractivity contribution in [3.05, 3.63) is 59.5 Å². The van der Waals surface area contributed by atoms with Crippen molar-refractivity contribution in [2.45, 2.75) is 52.9 Å². The number of para-hydroxylation sites is 1. The van der Waals surface area contributed by atoms with Gasteiger partial charge in [0.15, 0.2) is 0 Å². The van der Waals surface area contributed by atoms with E-state index in [1.54, 1.807) is 6.20 Å². The quantitative estimate of drug-likeness (QED) is 0.573. The number of aromatic nitrogens is 3. The van der Waals surface area contributed by atoms with Gasteiger partial charge in [0.25, 0.3) is 0 Å². The summed E-state index contributed by atoms with van der Waals surface area (Å²) in [5.74, 6) is 1.91. The lowest BCUT2D eigenvalue weighted by Gasteiger charge is -2.40. The summed E-state index contributed by atoms with van der Waals surface area (Å²) in [6.07, 6.45) is 6.93. The van der Waals surface area contributed by atoms with Crippen molar-refractivity contribution in [3.8, 4) is 6.07 Å². The third-order valence-electron chi connectivity index (χ3n) is 6.95. The lowest BCUT2D eigenvalue weighted by molar-refractivity contribution is 0.107. The summed E-state index contributed by atoms with van der Waals surface area (Å²) in [7, 11) is 0. The molecule has 5 nitrogen and oxygen atoms in total. The van der Waals surface area contributed by atoms with Crippen LogP contribution in [0.3, 0.4) is 0 Å². The van der Waals surface area contributed by atoms with Crippen LogP contribution in [0.5, 0.6) is 0 Å². The van der Waals surface area contributed by atoms with E-state index in [-0.39, 0.29) is 0 Å². The van der Waals surface area contributed by atoms with Crippen LogP contribution in [0.1, 0.15) is 57.0 Å². The Morgan fingerprint density at radius 1 is 1.13 bits per heavy atom. The van der Waals surface area contributed by atoms with E-state index in [1.807, 2.05) is 18.2 Å². The molecule has 0 aliphatic heterocycles. The molecule has 2 heterocycles. The van der Waals surface area contributed by atoms with E-state index in [0.717, 1.165) is 41.1 Å². The number of pyridine rings is 1. The number of nitrogens with one attached hydrogen (secondary N) is 1. The Kier molecular flexibility index (Phi) is 6.18. The van der Waals surface area contributed by atoms with Gasteiger partial charge < -0.3 is 5.32 Å². The van der Waals surface area contributed by atoms with Gasteiger partial charge in [-0.15, -0.1) is 0 Å². The summed E-state index contributed by atoms with van der Waals surface area (Å²) in [5, 5.41) is 14.0. The molecule has 0 unspecified atom stereocenters. The fourth-order valence-electron chi connectivity index (χ4n) is 4.67. The number of rotatable bonds is 6. The molecule has 0 saturated heterocycles. The Labute approximate surface area is 185 Å². The highest BCUT2D eigenvalue weighted by molar-refractivity contribution is 5.78. The Morgan fingerprint density at radius 3 is 2.77 bits per heavy atom. The van der Waals surface area contributed by atoms with E-state index in [1.165, 1.54) is 19.3 Å². The molecule has 4 rings (SSSR count). The molecule has 0 amide bonds. The molecule has 31 heavy (non-hydrogen) atoms. The van der Waals surface area contributed by atoms with Crippen LogP contribution in [-0.2, 0) is 12.8 Å². The number of hydrogen-bond donors (Lipinski definition) is 1. The third kappa shape index (κ3) is 5.02. The average molecular weight is 414 g/mol. The highest BCUT2D eigenvalue weighted by atomic mass is 15.1. The maximum atomic E-state index is 9.54. The van der Waals surface area contributed by atoms with Crippen molar-refractivity contribution in [2.24, 2.45) is 17.3 Å². The molecule has 1 saturated carbocycles. The van der Waals surface area contributed by atoms with Crippen LogP contribution in [0.4, 0.5) is 5.95 Å². The topological polar surface area (TPSA) is 74.5 Å². The molecular weight excluding hydrogens is 382 g/mol. The summed E-state index contributed by atoms with van der Waals surface area (Å²) < 4.78 is 0. The number of benzene rings is 1. The lowest BCUT2D eigenvalue weighted by Crippen LogP contribution is -2.31. The Balaban J connectivity index is 1.40. The van der Waals surface area contributed by atoms with Crippen molar-refractivity contribution >= 4 is 16.9 Å².